The van der Waals surface area contributed by atoms with E-state index in [4.69, 9.17) is 5.73 Å². The highest BCUT2D eigenvalue weighted by atomic mass is 15.3. The van der Waals surface area contributed by atoms with Crippen molar-refractivity contribution in [1.82, 2.24) is 4.90 Å². The number of likely N-dealkylation sites (N-methyl/N-ethyl adjacent to an activating group) is 1. The van der Waals surface area contributed by atoms with Crippen LogP contribution in [0.2, 0.25) is 0 Å². The number of piperazine rings is 1. The van der Waals surface area contributed by atoms with Crippen molar-refractivity contribution in [2.45, 2.75) is 32.9 Å². The molecule has 1 aliphatic heterocycles. The Labute approximate surface area is 104 Å². The molecule has 3 heteroatoms. The second kappa shape index (κ2) is 4.96. The van der Waals surface area contributed by atoms with Crippen LogP contribution in [-0.2, 0) is 0 Å². The van der Waals surface area contributed by atoms with Crippen LogP contribution in [0.1, 0.15) is 20.8 Å². The van der Waals surface area contributed by atoms with Gasteiger partial charge in [-0.1, -0.05) is 19.1 Å². The quantitative estimate of drug-likeness (QED) is 0.795. The molecule has 0 unspecified atom stereocenters. The fourth-order valence-electron chi connectivity index (χ4n) is 2.95. The molecule has 2 rings (SSSR count). The van der Waals surface area contributed by atoms with E-state index >= 15 is 0 Å². The van der Waals surface area contributed by atoms with Crippen LogP contribution in [-0.4, -0.2) is 36.6 Å². The zero-order valence-electron chi connectivity index (χ0n) is 11.1. The van der Waals surface area contributed by atoms with Gasteiger partial charge in [-0.3, -0.25) is 4.90 Å². The number of para-hydroxylation sites is 2. The lowest BCUT2D eigenvalue weighted by Gasteiger charge is -2.45. The lowest BCUT2D eigenvalue weighted by molar-refractivity contribution is 0.140. The smallest absolute Gasteiger partial charge is 0.0601 e. The third kappa shape index (κ3) is 2.39. The first-order chi connectivity index (χ1) is 8.13. The highest BCUT2D eigenvalue weighted by Gasteiger charge is 2.28. The number of anilines is 2. The van der Waals surface area contributed by atoms with Gasteiger partial charge in [0.25, 0.3) is 0 Å². The zero-order valence-corrected chi connectivity index (χ0v) is 11.1. The second-order valence-electron chi connectivity index (χ2n) is 4.99. The van der Waals surface area contributed by atoms with Crippen molar-refractivity contribution >= 4 is 11.4 Å². The van der Waals surface area contributed by atoms with E-state index in [0.717, 1.165) is 25.3 Å². The monoisotopic (exact) mass is 233 g/mol. The van der Waals surface area contributed by atoms with Crippen molar-refractivity contribution < 1.29 is 0 Å². The lowest BCUT2D eigenvalue weighted by Crippen LogP contribution is -2.56. The molecular formula is C14H23N3. The third-order valence-corrected chi connectivity index (χ3v) is 3.74. The Kier molecular flexibility index (Phi) is 3.57. The maximum Gasteiger partial charge on any atom is 0.0601 e. The Morgan fingerprint density at radius 2 is 1.76 bits per heavy atom. The number of nitrogens with two attached hydrogens (primary N) is 1. The predicted octanol–water partition coefficient (Wildman–Crippen LogP) is 2.19. The average Bonchev–Trinajstić information content (AvgIpc) is 2.29. The van der Waals surface area contributed by atoms with Gasteiger partial charge in [0.2, 0.25) is 0 Å². The van der Waals surface area contributed by atoms with Gasteiger partial charge in [0.1, 0.15) is 0 Å². The predicted molar refractivity (Wildman–Crippen MR) is 74.4 cm³/mol. The van der Waals surface area contributed by atoms with Gasteiger partial charge >= 0.3 is 0 Å². The van der Waals surface area contributed by atoms with E-state index in [1.54, 1.807) is 0 Å². The molecule has 0 aromatic heterocycles. The van der Waals surface area contributed by atoms with Crippen LogP contribution in [0.3, 0.4) is 0 Å². The highest BCUT2D eigenvalue weighted by molar-refractivity contribution is 5.67. The summed E-state index contributed by atoms with van der Waals surface area (Å²) >= 11 is 0. The van der Waals surface area contributed by atoms with E-state index in [2.05, 4.69) is 42.7 Å². The second-order valence-corrected chi connectivity index (χ2v) is 4.99. The fourth-order valence-corrected chi connectivity index (χ4v) is 2.95. The van der Waals surface area contributed by atoms with Crippen LogP contribution in [0.5, 0.6) is 0 Å². The Balaban J connectivity index is 2.18. The van der Waals surface area contributed by atoms with E-state index in [1.165, 1.54) is 5.69 Å². The summed E-state index contributed by atoms with van der Waals surface area (Å²) in [4.78, 5) is 4.96. The summed E-state index contributed by atoms with van der Waals surface area (Å²) in [6.45, 7) is 10.1. The molecule has 2 atom stereocenters. The topological polar surface area (TPSA) is 32.5 Å². The Bertz CT molecular complexity index is 365. The van der Waals surface area contributed by atoms with Crippen molar-refractivity contribution in [3.05, 3.63) is 24.3 Å². The van der Waals surface area contributed by atoms with Crippen molar-refractivity contribution in [3.63, 3.8) is 0 Å². The summed E-state index contributed by atoms with van der Waals surface area (Å²) in [6.07, 6.45) is 0. The summed E-state index contributed by atoms with van der Waals surface area (Å²) in [5, 5.41) is 0. The number of nitrogens with zero attached hydrogens (tertiary/aromatic N) is 2. The van der Waals surface area contributed by atoms with Crippen LogP contribution >= 0.6 is 0 Å². The maximum atomic E-state index is 6.05. The van der Waals surface area contributed by atoms with Crippen molar-refractivity contribution in [2.75, 3.05) is 30.3 Å². The van der Waals surface area contributed by atoms with Crippen LogP contribution in [0.4, 0.5) is 11.4 Å². The van der Waals surface area contributed by atoms with Crippen molar-refractivity contribution in [3.8, 4) is 0 Å². The highest BCUT2D eigenvalue weighted by Crippen LogP contribution is 2.26. The molecule has 3 nitrogen and oxygen atoms in total. The first-order valence-electron chi connectivity index (χ1n) is 6.48. The molecule has 1 aromatic rings. The number of rotatable bonds is 2. The molecule has 1 aromatic carbocycles. The molecule has 1 heterocycles. The number of nitrogen functional groups attached to an aromatic ring is 1. The Hall–Kier alpha value is -1.22. The SMILES string of the molecule is CCN1[C@H](C)CN(c2ccccc2N)C[C@@H]1C. The van der Waals surface area contributed by atoms with Crippen molar-refractivity contribution in [1.29, 1.82) is 0 Å². The molecule has 0 radical (unpaired) electrons. The Morgan fingerprint density at radius 1 is 1.18 bits per heavy atom. The van der Waals surface area contributed by atoms with Gasteiger partial charge in [0, 0.05) is 25.2 Å². The van der Waals surface area contributed by atoms with E-state index < -0.39 is 0 Å². The zero-order chi connectivity index (χ0) is 12.4. The van der Waals surface area contributed by atoms with Crippen LogP contribution < -0.4 is 10.6 Å². The average molecular weight is 233 g/mol. The van der Waals surface area contributed by atoms with Gasteiger partial charge in [0.05, 0.1) is 11.4 Å². The normalized spacial score (nSPS) is 26.2. The minimum Gasteiger partial charge on any atom is -0.397 e. The minimum absolute atomic E-state index is 0.586. The summed E-state index contributed by atoms with van der Waals surface area (Å²) in [6, 6.07) is 9.33. The van der Waals surface area contributed by atoms with Crippen LogP contribution in [0.15, 0.2) is 24.3 Å². The molecule has 2 N–H and O–H groups in total. The molecule has 0 bridgehead atoms. The largest absolute Gasteiger partial charge is 0.397 e. The van der Waals surface area contributed by atoms with Gasteiger partial charge in [-0.15, -0.1) is 0 Å². The van der Waals surface area contributed by atoms with Crippen LogP contribution in [0.25, 0.3) is 0 Å². The van der Waals surface area contributed by atoms with Gasteiger partial charge in [-0.05, 0) is 32.5 Å². The standard InChI is InChI=1S/C14H23N3/c1-4-17-11(2)9-16(10-12(17)3)14-8-6-5-7-13(14)15/h5-8,11-12H,4,9-10,15H2,1-3H3/t11-,12+. The molecule has 1 saturated heterocycles. The van der Waals surface area contributed by atoms with E-state index in [9.17, 15) is 0 Å². The van der Waals surface area contributed by atoms with E-state index in [-0.39, 0.29) is 0 Å². The van der Waals surface area contributed by atoms with E-state index in [1.807, 2.05) is 12.1 Å². The summed E-state index contributed by atoms with van der Waals surface area (Å²) in [5.74, 6) is 0. The first-order valence-corrected chi connectivity index (χ1v) is 6.48. The molecule has 17 heavy (non-hydrogen) atoms. The van der Waals surface area contributed by atoms with E-state index in [0.29, 0.717) is 12.1 Å². The van der Waals surface area contributed by atoms with Crippen molar-refractivity contribution in [2.24, 2.45) is 0 Å². The third-order valence-electron chi connectivity index (χ3n) is 3.74. The maximum absolute atomic E-state index is 6.05. The molecule has 0 saturated carbocycles. The Morgan fingerprint density at radius 3 is 2.29 bits per heavy atom. The number of hydrogen-bond donors (Lipinski definition) is 1. The van der Waals surface area contributed by atoms with Gasteiger partial charge in [-0.25, -0.2) is 0 Å². The molecule has 94 valence electrons. The molecule has 0 aliphatic carbocycles. The molecular weight excluding hydrogens is 210 g/mol. The molecule has 0 spiro atoms. The summed E-state index contributed by atoms with van der Waals surface area (Å²) in [7, 11) is 0. The van der Waals surface area contributed by atoms with Crippen LogP contribution in [0, 0.1) is 0 Å². The molecule has 1 aliphatic rings. The lowest BCUT2D eigenvalue weighted by atomic mass is 10.1. The summed E-state index contributed by atoms with van der Waals surface area (Å²) < 4.78 is 0. The molecule has 0 amide bonds. The summed E-state index contributed by atoms with van der Waals surface area (Å²) in [5.41, 5.74) is 8.12. The molecule has 1 fully saturated rings. The van der Waals surface area contributed by atoms with Gasteiger partial charge in [0.15, 0.2) is 0 Å². The van der Waals surface area contributed by atoms with Gasteiger partial charge < -0.3 is 10.6 Å². The number of benzene rings is 1. The first kappa shape index (κ1) is 12.2. The number of hydrogen-bond acceptors (Lipinski definition) is 3. The van der Waals surface area contributed by atoms with Gasteiger partial charge in [-0.2, -0.15) is 0 Å². The minimum atomic E-state index is 0.586. The fraction of sp³-hybridized carbons (Fsp3) is 0.571.